The molecule has 51 heavy (non-hydrogen) atoms. The summed E-state index contributed by atoms with van der Waals surface area (Å²) in [6.07, 6.45) is 0. The molecule has 1 heteroatoms. The van der Waals surface area contributed by atoms with E-state index in [1.54, 1.807) is 0 Å². The summed E-state index contributed by atoms with van der Waals surface area (Å²) in [6.45, 7) is 6.82. The Labute approximate surface area is 302 Å². The average Bonchev–Trinajstić information content (AvgIpc) is 3.19. The summed E-state index contributed by atoms with van der Waals surface area (Å²) in [5.74, 6) is 0. The fourth-order valence-electron chi connectivity index (χ4n) is 7.22. The van der Waals surface area contributed by atoms with E-state index in [0.29, 0.717) is 0 Å². The average molecular weight is 656 g/mol. The van der Waals surface area contributed by atoms with Gasteiger partial charge in [-0.05, 0) is 79.4 Å². The molecule has 0 aliphatic rings. The van der Waals surface area contributed by atoms with Gasteiger partial charge in [-0.3, -0.25) is 0 Å². The van der Waals surface area contributed by atoms with Crippen molar-refractivity contribution in [2.45, 2.75) is 26.2 Å². The topological polar surface area (TPSA) is 3.24 Å². The molecular weight excluding hydrogens is 615 g/mol. The first kappa shape index (κ1) is 32.0. The Morgan fingerprint density at radius 1 is 0.333 bits per heavy atom. The molecule has 0 amide bonds. The van der Waals surface area contributed by atoms with Gasteiger partial charge in [0.2, 0.25) is 0 Å². The number of anilines is 3. The summed E-state index contributed by atoms with van der Waals surface area (Å²) in [4.78, 5) is 2.45. The largest absolute Gasteiger partial charge is 0.309 e. The molecule has 0 N–H and O–H groups in total. The Morgan fingerprint density at radius 2 is 0.784 bits per heavy atom. The first-order chi connectivity index (χ1) is 25.0. The summed E-state index contributed by atoms with van der Waals surface area (Å²) in [5.41, 5.74) is 14.4. The summed E-state index contributed by atoms with van der Waals surface area (Å²) >= 11 is 0. The Balaban J connectivity index is 1.35. The molecule has 0 radical (unpaired) electrons. The molecule has 0 aromatic heterocycles. The van der Waals surface area contributed by atoms with Gasteiger partial charge in [-0.2, -0.15) is 0 Å². The highest BCUT2D eigenvalue weighted by Gasteiger charge is 2.23. The second-order valence-corrected chi connectivity index (χ2v) is 14.2. The lowest BCUT2D eigenvalue weighted by atomic mass is 9.87. The summed E-state index contributed by atoms with van der Waals surface area (Å²) in [6, 6.07) is 70.5. The summed E-state index contributed by atoms with van der Waals surface area (Å²) in [7, 11) is 0. The van der Waals surface area contributed by atoms with E-state index in [1.807, 2.05) is 0 Å². The highest BCUT2D eigenvalue weighted by molar-refractivity contribution is 6.09. The lowest BCUT2D eigenvalue weighted by molar-refractivity contribution is 0.590. The molecule has 0 atom stereocenters. The normalized spacial score (nSPS) is 11.4. The zero-order valence-electron chi connectivity index (χ0n) is 29.4. The smallest absolute Gasteiger partial charge is 0.0540 e. The monoisotopic (exact) mass is 655 g/mol. The van der Waals surface area contributed by atoms with Crippen LogP contribution in [0, 0.1) is 0 Å². The van der Waals surface area contributed by atoms with Gasteiger partial charge in [0, 0.05) is 16.8 Å². The van der Waals surface area contributed by atoms with E-state index in [9.17, 15) is 0 Å². The van der Waals surface area contributed by atoms with Gasteiger partial charge in [0.15, 0.2) is 0 Å². The first-order valence-corrected chi connectivity index (χ1v) is 17.8. The van der Waals surface area contributed by atoms with E-state index < -0.39 is 0 Å². The van der Waals surface area contributed by atoms with Crippen LogP contribution in [0.1, 0.15) is 26.3 Å². The highest BCUT2D eigenvalue weighted by atomic mass is 15.1. The van der Waals surface area contributed by atoms with Crippen molar-refractivity contribution in [2.75, 3.05) is 4.90 Å². The number of fused-ring (bicyclic) bond motifs is 1. The molecule has 8 aromatic carbocycles. The van der Waals surface area contributed by atoms with Crippen LogP contribution < -0.4 is 4.90 Å². The van der Waals surface area contributed by atoms with E-state index in [2.05, 4.69) is 220 Å². The number of para-hydroxylation sites is 2. The number of rotatable bonds is 7. The summed E-state index contributed by atoms with van der Waals surface area (Å²) in [5, 5.41) is 2.48. The van der Waals surface area contributed by atoms with E-state index in [-0.39, 0.29) is 5.41 Å². The Hall–Kier alpha value is -6.18. The van der Waals surface area contributed by atoms with E-state index in [4.69, 9.17) is 0 Å². The standard InChI is InChI=1S/C50H41N/c1-50(2,3)41-32-34-42(35-33-41)51(47-26-12-10-22-43(47)39-30-28-37(29-31-39)36-16-6-4-7-17-36)48-27-13-11-23-45(48)46-25-15-21-40-20-14-24-44(49(40)46)38-18-8-5-9-19-38/h4-35H,1-3H3. The van der Waals surface area contributed by atoms with Crippen LogP contribution in [0.4, 0.5) is 17.1 Å². The van der Waals surface area contributed by atoms with Crippen LogP contribution in [-0.4, -0.2) is 0 Å². The fourth-order valence-corrected chi connectivity index (χ4v) is 7.22. The molecule has 0 bridgehead atoms. The van der Waals surface area contributed by atoms with Gasteiger partial charge in [-0.15, -0.1) is 0 Å². The highest BCUT2D eigenvalue weighted by Crippen LogP contribution is 2.47. The van der Waals surface area contributed by atoms with Gasteiger partial charge < -0.3 is 4.90 Å². The minimum absolute atomic E-state index is 0.0521. The van der Waals surface area contributed by atoms with Crippen LogP contribution in [0.2, 0.25) is 0 Å². The summed E-state index contributed by atoms with van der Waals surface area (Å²) < 4.78 is 0. The third-order valence-electron chi connectivity index (χ3n) is 9.86. The van der Waals surface area contributed by atoms with Gasteiger partial charge in [-0.1, -0.05) is 191 Å². The fraction of sp³-hybridized carbons (Fsp3) is 0.0800. The van der Waals surface area contributed by atoms with Crippen molar-refractivity contribution in [1.82, 2.24) is 0 Å². The molecular formula is C50H41N. The molecule has 8 aromatic rings. The molecule has 0 spiro atoms. The predicted octanol–water partition coefficient (Wildman–Crippen LogP) is 14.3. The van der Waals surface area contributed by atoms with Crippen molar-refractivity contribution in [3.8, 4) is 44.5 Å². The molecule has 0 fully saturated rings. The number of benzene rings is 8. The molecule has 0 saturated carbocycles. The maximum atomic E-state index is 2.45. The molecule has 0 aliphatic carbocycles. The molecule has 0 saturated heterocycles. The quantitative estimate of drug-likeness (QED) is 0.165. The Morgan fingerprint density at radius 3 is 1.41 bits per heavy atom. The van der Waals surface area contributed by atoms with Crippen LogP contribution in [0.3, 0.4) is 0 Å². The van der Waals surface area contributed by atoms with Gasteiger partial charge in [0.05, 0.1) is 11.4 Å². The lowest BCUT2D eigenvalue weighted by Gasteiger charge is -2.31. The van der Waals surface area contributed by atoms with Crippen LogP contribution >= 0.6 is 0 Å². The second-order valence-electron chi connectivity index (χ2n) is 14.2. The Bertz CT molecular complexity index is 2410. The molecule has 0 heterocycles. The minimum Gasteiger partial charge on any atom is -0.309 e. The van der Waals surface area contributed by atoms with E-state index >= 15 is 0 Å². The number of hydrogen-bond acceptors (Lipinski definition) is 1. The SMILES string of the molecule is CC(C)(C)c1ccc(N(c2ccccc2-c2ccc(-c3ccccc3)cc2)c2ccccc2-c2cccc3cccc(-c4ccccc4)c23)cc1. The zero-order chi connectivity index (χ0) is 34.8. The van der Waals surface area contributed by atoms with Crippen LogP contribution in [0.15, 0.2) is 194 Å². The van der Waals surface area contributed by atoms with Crippen molar-refractivity contribution in [3.63, 3.8) is 0 Å². The first-order valence-electron chi connectivity index (χ1n) is 17.8. The third kappa shape index (κ3) is 6.35. The van der Waals surface area contributed by atoms with E-state index in [0.717, 1.165) is 17.1 Å². The maximum absolute atomic E-state index is 2.45. The lowest BCUT2D eigenvalue weighted by Crippen LogP contribution is -2.14. The van der Waals surface area contributed by atoms with Crippen LogP contribution in [0.25, 0.3) is 55.3 Å². The van der Waals surface area contributed by atoms with Gasteiger partial charge in [-0.25, -0.2) is 0 Å². The molecule has 0 unspecified atom stereocenters. The zero-order valence-corrected chi connectivity index (χ0v) is 29.4. The van der Waals surface area contributed by atoms with E-state index in [1.165, 1.54) is 60.8 Å². The predicted molar refractivity (Wildman–Crippen MR) is 219 cm³/mol. The van der Waals surface area contributed by atoms with Crippen molar-refractivity contribution < 1.29 is 0 Å². The molecule has 0 aliphatic heterocycles. The van der Waals surface area contributed by atoms with Crippen molar-refractivity contribution in [1.29, 1.82) is 0 Å². The second kappa shape index (κ2) is 13.6. The van der Waals surface area contributed by atoms with Gasteiger partial charge >= 0.3 is 0 Å². The molecule has 8 rings (SSSR count). The minimum atomic E-state index is 0.0521. The molecule has 1 nitrogen and oxygen atoms in total. The van der Waals surface area contributed by atoms with Crippen molar-refractivity contribution >= 4 is 27.8 Å². The van der Waals surface area contributed by atoms with Gasteiger partial charge in [0.1, 0.15) is 0 Å². The van der Waals surface area contributed by atoms with Crippen molar-refractivity contribution in [2.24, 2.45) is 0 Å². The maximum Gasteiger partial charge on any atom is 0.0540 e. The Kier molecular flexibility index (Phi) is 8.56. The number of hydrogen-bond donors (Lipinski definition) is 0. The van der Waals surface area contributed by atoms with Gasteiger partial charge in [0.25, 0.3) is 0 Å². The van der Waals surface area contributed by atoms with Crippen molar-refractivity contribution in [3.05, 3.63) is 200 Å². The third-order valence-corrected chi connectivity index (χ3v) is 9.86. The number of nitrogens with zero attached hydrogens (tertiary/aromatic N) is 1. The molecule has 246 valence electrons. The van der Waals surface area contributed by atoms with Crippen LogP contribution in [0.5, 0.6) is 0 Å². The van der Waals surface area contributed by atoms with Crippen LogP contribution in [-0.2, 0) is 5.41 Å².